The van der Waals surface area contributed by atoms with Crippen LogP contribution in [-0.2, 0) is 5.60 Å². The van der Waals surface area contributed by atoms with Gasteiger partial charge >= 0.3 is 0 Å². The molecule has 0 unspecified atom stereocenters. The van der Waals surface area contributed by atoms with Gasteiger partial charge in [0.15, 0.2) is 0 Å². The summed E-state index contributed by atoms with van der Waals surface area (Å²) < 4.78 is 14.8. The average molecular weight is 359 g/mol. The average Bonchev–Trinajstić information content (AvgIpc) is 1.94. The normalized spacial score (nSPS) is 11.8. The van der Waals surface area contributed by atoms with Gasteiger partial charge in [-0.05, 0) is 48.6 Å². The topological polar surface area (TPSA) is 20.2 Å². The zero-order valence-corrected chi connectivity index (χ0v) is 11.0. The van der Waals surface area contributed by atoms with Gasteiger partial charge < -0.3 is 5.11 Å². The molecule has 1 aromatic carbocycles. The van der Waals surface area contributed by atoms with Crippen LogP contribution in [0.5, 0.6) is 0 Å². The Hall–Kier alpha value is 0.320. The summed E-state index contributed by atoms with van der Waals surface area (Å²) >= 11 is 5.16. The third-order valence-electron chi connectivity index (χ3n) is 1.65. The Balaban J connectivity index is 3.37. The van der Waals surface area contributed by atoms with Crippen LogP contribution >= 0.6 is 38.5 Å². The van der Waals surface area contributed by atoms with Crippen molar-refractivity contribution >= 4 is 38.5 Å². The van der Waals surface area contributed by atoms with Crippen molar-refractivity contribution in [3.05, 3.63) is 31.6 Å². The fourth-order valence-electron chi connectivity index (χ4n) is 1.00. The van der Waals surface area contributed by atoms with E-state index in [0.717, 1.165) is 4.47 Å². The summed E-state index contributed by atoms with van der Waals surface area (Å²) in [4.78, 5) is 0. The Morgan fingerprint density at radius 2 is 2.00 bits per heavy atom. The van der Waals surface area contributed by atoms with E-state index in [4.69, 9.17) is 0 Å². The van der Waals surface area contributed by atoms with E-state index in [-0.39, 0.29) is 5.82 Å². The van der Waals surface area contributed by atoms with Gasteiger partial charge in [-0.3, -0.25) is 0 Å². The highest BCUT2D eigenvalue weighted by Gasteiger charge is 2.22. The molecule has 4 heteroatoms. The minimum atomic E-state index is -1.15. The summed E-state index contributed by atoms with van der Waals surface area (Å²) in [6.07, 6.45) is 0. The summed E-state index contributed by atoms with van der Waals surface area (Å²) in [5, 5.41) is 9.65. The Morgan fingerprint density at radius 3 is 2.46 bits per heavy atom. The summed E-state index contributed by atoms with van der Waals surface area (Å²) in [6.45, 7) is 3.13. The standard InChI is InChI=1S/C9H9BrFIO/c1-9(2,13)6-3-5(10)4-7(12)8(6)11/h3-4,13H,1-2H3. The molecule has 0 aliphatic rings. The minimum absolute atomic E-state index is 0.311. The number of rotatable bonds is 1. The van der Waals surface area contributed by atoms with Crippen LogP contribution in [0.25, 0.3) is 0 Å². The number of hydrogen-bond donors (Lipinski definition) is 1. The number of halogens is 3. The van der Waals surface area contributed by atoms with Gasteiger partial charge in [0.1, 0.15) is 5.82 Å². The van der Waals surface area contributed by atoms with Crippen LogP contribution in [0.3, 0.4) is 0 Å². The molecule has 72 valence electrons. The Kier molecular flexibility index (Phi) is 3.35. The highest BCUT2D eigenvalue weighted by Crippen LogP contribution is 2.29. The van der Waals surface area contributed by atoms with Crippen LogP contribution in [0.4, 0.5) is 4.39 Å². The Morgan fingerprint density at radius 1 is 1.46 bits per heavy atom. The number of benzene rings is 1. The maximum absolute atomic E-state index is 13.5. The summed E-state index contributed by atoms with van der Waals surface area (Å²) in [6, 6.07) is 3.27. The van der Waals surface area contributed by atoms with Crippen molar-refractivity contribution in [1.82, 2.24) is 0 Å². The smallest absolute Gasteiger partial charge is 0.142 e. The van der Waals surface area contributed by atoms with Crippen molar-refractivity contribution in [3.8, 4) is 0 Å². The van der Waals surface area contributed by atoms with Crippen LogP contribution < -0.4 is 0 Å². The quantitative estimate of drug-likeness (QED) is 0.602. The molecule has 0 bridgehead atoms. The minimum Gasteiger partial charge on any atom is -0.386 e. The largest absolute Gasteiger partial charge is 0.386 e. The van der Waals surface area contributed by atoms with Crippen molar-refractivity contribution in [2.45, 2.75) is 19.4 Å². The van der Waals surface area contributed by atoms with Crippen LogP contribution in [0.2, 0.25) is 0 Å². The molecule has 0 aromatic heterocycles. The van der Waals surface area contributed by atoms with Gasteiger partial charge in [-0.25, -0.2) is 4.39 Å². The summed E-state index contributed by atoms with van der Waals surface area (Å²) in [5.41, 5.74) is -0.834. The highest BCUT2D eigenvalue weighted by molar-refractivity contribution is 14.1. The predicted molar refractivity (Wildman–Crippen MR) is 62.1 cm³/mol. The first-order valence-corrected chi connectivity index (χ1v) is 5.57. The zero-order chi connectivity index (χ0) is 10.2. The van der Waals surface area contributed by atoms with Gasteiger partial charge in [0.2, 0.25) is 0 Å². The third-order valence-corrected chi connectivity index (χ3v) is 2.89. The first-order valence-electron chi connectivity index (χ1n) is 3.70. The van der Waals surface area contributed by atoms with E-state index in [9.17, 15) is 9.50 Å². The van der Waals surface area contributed by atoms with E-state index < -0.39 is 5.60 Å². The monoisotopic (exact) mass is 358 g/mol. The van der Waals surface area contributed by atoms with E-state index in [2.05, 4.69) is 15.9 Å². The lowest BCUT2D eigenvalue weighted by molar-refractivity contribution is 0.0743. The number of aliphatic hydroxyl groups is 1. The van der Waals surface area contributed by atoms with Gasteiger partial charge in [-0.15, -0.1) is 0 Å². The van der Waals surface area contributed by atoms with Crippen LogP contribution in [0.15, 0.2) is 16.6 Å². The second-order valence-electron chi connectivity index (χ2n) is 3.31. The van der Waals surface area contributed by atoms with Gasteiger partial charge in [0.05, 0.1) is 9.17 Å². The maximum atomic E-state index is 13.5. The third kappa shape index (κ3) is 2.63. The van der Waals surface area contributed by atoms with Crippen molar-refractivity contribution in [2.24, 2.45) is 0 Å². The number of hydrogen-bond acceptors (Lipinski definition) is 1. The SMILES string of the molecule is CC(C)(O)c1cc(Br)cc(I)c1F. The molecule has 1 N–H and O–H groups in total. The van der Waals surface area contributed by atoms with Gasteiger partial charge in [0, 0.05) is 10.0 Å². The Labute approximate surface area is 98.6 Å². The molecule has 1 nitrogen and oxygen atoms in total. The van der Waals surface area contributed by atoms with Crippen LogP contribution in [0, 0.1) is 9.39 Å². The van der Waals surface area contributed by atoms with Crippen LogP contribution in [-0.4, -0.2) is 5.11 Å². The van der Waals surface area contributed by atoms with E-state index in [1.165, 1.54) is 0 Å². The molecular weight excluding hydrogens is 350 g/mol. The van der Waals surface area contributed by atoms with Crippen molar-refractivity contribution < 1.29 is 9.50 Å². The molecule has 0 amide bonds. The first-order chi connectivity index (χ1) is 5.82. The maximum Gasteiger partial charge on any atom is 0.142 e. The molecule has 0 fully saturated rings. The molecule has 0 aliphatic heterocycles. The molecular formula is C9H9BrFIO. The molecule has 0 heterocycles. The molecule has 13 heavy (non-hydrogen) atoms. The highest BCUT2D eigenvalue weighted by atomic mass is 127. The fraction of sp³-hybridized carbons (Fsp3) is 0.333. The molecule has 1 rings (SSSR count). The summed E-state index contributed by atoms with van der Waals surface area (Å²) in [5.74, 6) is -0.351. The van der Waals surface area contributed by atoms with Crippen molar-refractivity contribution in [2.75, 3.05) is 0 Å². The molecule has 0 saturated carbocycles. The Bertz CT molecular complexity index is 333. The zero-order valence-electron chi connectivity index (χ0n) is 7.24. The lowest BCUT2D eigenvalue weighted by atomic mass is 9.98. The van der Waals surface area contributed by atoms with E-state index >= 15 is 0 Å². The first kappa shape index (κ1) is 11.4. The van der Waals surface area contributed by atoms with E-state index in [1.807, 2.05) is 22.6 Å². The van der Waals surface area contributed by atoms with Crippen molar-refractivity contribution in [3.63, 3.8) is 0 Å². The van der Waals surface area contributed by atoms with Gasteiger partial charge in [-0.2, -0.15) is 0 Å². The van der Waals surface area contributed by atoms with E-state index in [0.29, 0.717) is 9.13 Å². The predicted octanol–water partition coefficient (Wildman–Crippen LogP) is 3.42. The second-order valence-corrected chi connectivity index (χ2v) is 5.39. The fourth-order valence-corrected chi connectivity index (χ4v) is 2.51. The lowest BCUT2D eigenvalue weighted by Crippen LogP contribution is -2.18. The molecule has 0 saturated heterocycles. The molecule has 0 radical (unpaired) electrons. The lowest BCUT2D eigenvalue weighted by Gasteiger charge is -2.19. The van der Waals surface area contributed by atoms with E-state index in [1.54, 1.807) is 26.0 Å². The van der Waals surface area contributed by atoms with Crippen molar-refractivity contribution in [1.29, 1.82) is 0 Å². The van der Waals surface area contributed by atoms with Gasteiger partial charge in [0.25, 0.3) is 0 Å². The molecule has 0 spiro atoms. The van der Waals surface area contributed by atoms with Gasteiger partial charge in [-0.1, -0.05) is 15.9 Å². The van der Waals surface area contributed by atoms with Crippen LogP contribution in [0.1, 0.15) is 19.4 Å². The molecule has 1 aromatic rings. The second kappa shape index (κ2) is 3.82. The summed E-state index contributed by atoms with van der Waals surface area (Å²) in [7, 11) is 0. The molecule has 0 atom stereocenters. The molecule has 0 aliphatic carbocycles.